The van der Waals surface area contributed by atoms with Gasteiger partial charge >= 0.3 is 0 Å². The van der Waals surface area contributed by atoms with Crippen LogP contribution < -0.4 is 5.32 Å². The van der Waals surface area contributed by atoms with Gasteiger partial charge in [-0.05, 0) is 46.1 Å². The van der Waals surface area contributed by atoms with Gasteiger partial charge in [0.25, 0.3) is 0 Å². The number of aromatic nitrogens is 4. The van der Waals surface area contributed by atoms with Crippen LogP contribution in [-0.4, -0.2) is 25.5 Å². The predicted molar refractivity (Wildman–Crippen MR) is 122 cm³/mol. The second kappa shape index (κ2) is 8.44. The van der Waals surface area contributed by atoms with Crippen LogP contribution in [-0.2, 0) is 17.9 Å². The first-order valence-corrected chi connectivity index (χ1v) is 10.7. The van der Waals surface area contributed by atoms with Gasteiger partial charge in [0.2, 0.25) is 5.91 Å². The minimum atomic E-state index is -0.238. The van der Waals surface area contributed by atoms with Crippen LogP contribution >= 0.6 is 15.9 Å². The summed E-state index contributed by atoms with van der Waals surface area (Å²) in [4.78, 5) is 12.6. The van der Waals surface area contributed by atoms with E-state index in [9.17, 15) is 4.79 Å². The third kappa shape index (κ3) is 4.16. The van der Waals surface area contributed by atoms with E-state index in [2.05, 4.69) is 61.8 Å². The van der Waals surface area contributed by atoms with Crippen molar-refractivity contribution in [3.05, 3.63) is 76.2 Å². The fourth-order valence-electron chi connectivity index (χ4n) is 3.57. The molecule has 30 heavy (non-hydrogen) atoms. The van der Waals surface area contributed by atoms with Crippen LogP contribution in [0.25, 0.3) is 10.8 Å². The van der Waals surface area contributed by atoms with E-state index in [-0.39, 0.29) is 11.8 Å². The van der Waals surface area contributed by atoms with Crippen LogP contribution in [0.2, 0.25) is 0 Å². The molecule has 2 aromatic heterocycles. The molecule has 0 spiro atoms. The van der Waals surface area contributed by atoms with Gasteiger partial charge in [0.15, 0.2) is 5.82 Å². The average Bonchev–Trinajstić information content (AvgIpc) is 3.27. The first-order chi connectivity index (χ1) is 14.4. The third-order valence-corrected chi connectivity index (χ3v) is 6.44. The molecule has 0 saturated carbocycles. The molecule has 4 rings (SSSR count). The van der Waals surface area contributed by atoms with Crippen molar-refractivity contribution in [2.45, 2.75) is 33.9 Å². The monoisotopic (exact) mass is 465 g/mol. The van der Waals surface area contributed by atoms with Gasteiger partial charge < -0.3 is 5.32 Å². The normalized spacial score (nSPS) is 12.3. The van der Waals surface area contributed by atoms with Gasteiger partial charge in [-0.25, -0.2) is 0 Å². The fraction of sp³-hybridized carbons (Fsp3) is 0.261. The molecular formula is C23H24BrN5O. The largest absolute Gasteiger partial charge is 0.309 e. The summed E-state index contributed by atoms with van der Waals surface area (Å²) >= 11 is 3.53. The summed E-state index contributed by atoms with van der Waals surface area (Å²) < 4.78 is 4.70. The van der Waals surface area contributed by atoms with Crippen LogP contribution in [0.5, 0.6) is 0 Å². The molecule has 2 aromatic carbocycles. The lowest BCUT2D eigenvalue weighted by Crippen LogP contribution is -2.25. The summed E-state index contributed by atoms with van der Waals surface area (Å²) in [5.41, 5.74) is 3.14. The highest BCUT2D eigenvalue weighted by Gasteiger charge is 2.18. The van der Waals surface area contributed by atoms with Crippen LogP contribution in [0.1, 0.15) is 23.9 Å². The minimum absolute atomic E-state index is 0.0749. The number of nitrogens with zero attached hydrogens (tertiary/aromatic N) is 4. The van der Waals surface area contributed by atoms with Crippen LogP contribution in [0, 0.1) is 19.8 Å². The predicted octanol–water partition coefficient (Wildman–Crippen LogP) is 4.94. The SMILES string of the molecule is Cc1nn(CC(C)C(=O)Nc2ccn(Cc3cccc4ccccc34)n2)c(C)c1Br. The number of halogens is 1. The third-order valence-electron chi connectivity index (χ3n) is 5.29. The Morgan fingerprint density at radius 1 is 1.10 bits per heavy atom. The molecule has 7 heteroatoms. The topological polar surface area (TPSA) is 64.7 Å². The number of aryl methyl sites for hydroxylation is 1. The van der Waals surface area contributed by atoms with Crippen LogP contribution in [0.3, 0.4) is 0 Å². The highest BCUT2D eigenvalue weighted by molar-refractivity contribution is 9.10. The van der Waals surface area contributed by atoms with Gasteiger partial charge in [0.1, 0.15) is 0 Å². The summed E-state index contributed by atoms with van der Waals surface area (Å²) in [5.74, 6) is 0.244. The van der Waals surface area contributed by atoms with E-state index in [1.165, 1.54) is 16.3 Å². The molecule has 2 heterocycles. The van der Waals surface area contributed by atoms with Crippen LogP contribution in [0.4, 0.5) is 5.82 Å². The molecule has 0 fully saturated rings. The Morgan fingerprint density at radius 2 is 1.87 bits per heavy atom. The number of carbonyl (C=O) groups excluding carboxylic acids is 1. The standard InChI is InChI=1S/C23H24BrN5O/c1-15(13-29-17(3)22(24)16(2)26-29)23(30)25-21-11-12-28(27-21)14-19-9-6-8-18-7-4-5-10-20(18)19/h4-12,15H,13-14H2,1-3H3,(H,25,27,30). The van der Waals surface area contributed by atoms with E-state index in [0.717, 1.165) is 15.9 Å². The molecule has 0 radical (unpaired) electrons. The Labute approximate surface area is 184 Å². The molecule has 0 bridgehead atoms. The zero-order valence-corrected chi connectivity index (χ0v) is 18.8. The van der Waals surface area contributed by atoms with E-state index in [1.807, 2.05) is 54.5 Å². The Bertz CT molecular complexity index is 1200. The van der Waals surface area contributed by atoms with Gasteiger partial charge in [-0.15, -0.1) is 0 Å². The summed E-state index contributed by atoms with van der Waals surface area (Å²) in [6.45, 7) is 6.99. The molecular weight excluding hydrogens is 442 g/mol. The number of carbonyl (C=O) groups is 1. The zero-order chi connectivity index (χ0) is 21.3. The van der Waals surface area contributed by atoms with Gasteiger partial charge in [0, 0.05) is 18.0 Å². The first kappa shape index (κ1) is 20.3. The number of benzene rings is 2. The van der Waals surface area contributed by atoms with Gasteiger partial charge in [-0.3, -0.25) is 14.2 Å². The van der Waals surface area contributed by atoms with E-state index in [1.54, 1.807) is 0 Å². The molecule has 1 atom stereocenters. The lowest BCUT2D eigenvalue weighted by Gasteiger charge is -2.12. The number of rotatable bonds is 6. The van der Waals surface area contributed by atoms with E-state index in [4.69, 9.17) is 0 Å². The number of nitrogens with one attached hydrogen (secondary N) is 1. The van der Waals surface area contributed by atoms with Crippen molar-refractivity contribution in [2.24, 2.45) is 5.92 Å². The van der Waals surface area contributed by atoms with E-state index >= 15 is 0 Å². The summed E-state index contributed by atoms with van der Waals surface area (Å²) in [6.07, 6.45) is 1.89. The molecule has 6 nitrogen and oxygen atoms in total. The second-order valence-corrected chi connectivity index (χ2v) is 8.39. The maximum Gasteiger partial charge on any atom is 0.230 e. The second-order valence-electron chi connectivity index (χ2n) is 7.59. The summed E-state index contributed by atoms with van der Waals surface area (Å²) in [7, 11) is 0. The van der Waals surface area contributed by atoms with Crippen molar-refractivity contribution in [2.75, 3.05) is 5.32 Å². The minimum Gasteiger partial charge on any atom is -0.309 e. The molecule has 0 aliphatic heterocycles. The average molecular weight is 466 g/mol. The first-order valence-electron chi connectivity index (χ1n) is 9.93. The Hall–Kier alpha value is -2.93. The van der Waals surface area contributed by atoms with Gasteiger partial charge in [0.05, 0.1) is 29.2 Å². The number of hydrogen-bond acceptors (Lipinski definition) is 3. The maximum atomic E-state index is 12.6. The zero-order valence-electron chi connectivity index (χ0n) is 17.3. The van der Waals surface area contributed by atoms with Crippen LogP contribution in [0.15, 0.2) is 59.2 Å². The van der Waals surface area contributed by atoms with Crippen molar-refractivity contribution < 1.29 is 4.79 Å². The number of amides is 1. The molecule has 1 unspecified atom stereocenters. The van der Waals surface area contributed by atoms with E-state index < -0.39 is 0 Å². The maximum absolute atomic E-state index is 12.6. The molecule has 0 saturated heterocycles. The Balaban J connectivity index is 1.42. The molecule has 0 aliphatic rings. The molecule has 154 valence electrons. The highest BCUT2D eigenvalue weighted by Crippen LogP contribution is 2.21. The number of anilines is 1. The smallest absolute Gasteiger partial charge is 0.230 e. The van der Waals surface area contributed by atoms with Crippen molar-refractivity contribution in [1.29, 1.82) is 0 Å². The van der Waals surface area contributed by atoms with Crippen molar-refractivity contribution in [1.82, 2.24) is 19.6 Å². The Kier molecular flexibility index (Phi) is 5.72. The lowest BCUT2D eigenvalue weighted by atomic mass is 10.0. The molecule has 1 N–H and O–H groups in total. The lowest BCUT2D eigenvalue weighted by molar-refractivity contribution is -0.119. The van der Waals surface area contributed by atoms with Gasteiger partial charge in [-0.2, -0.15) is 10.2 Å². The van der Waals surface area contributed by atoms with Gasteiger partial charge in [-0.1, -0.05) is 49.4 Å². The molecule has 1 amide bonds. The van der Waals surface area contributed by atoms with Crippen molar-refractivity contribution in [3.8, 4) is 0 Å². The summed E-state index contributed by atoms with van der Waals surface area (Å²) in [6, 6.07) is 16.4. The highest BCUT2D eigenvalue weighted by atomic mass is 79.9. The van der Waals surface area contributed by atoms with Crippen molar-refractivity contribution in [3.63, 3.8) is 0 Å². The fourth-order valence-corrected chi connectivity index (χ4v) is 3.85. The molecule has 4 aromatic rings. The van der Waals surface area contributed by atoms with E-state index in [0.29, 0.717) is 18.9 Å². The Morgan fingerprint density at radius 3 is 2.63 bits per heavy atom. The molecule has 0 aliphatic carbocycles. The number of hydrogen-bond donors (Lipinski definition) is 1. The van der Waals surface area contributed by atoms with Crippen molar-refractivity contribution >= 4 is 38.4 Å². The number of fused-ring (bicyclic) bond motifs is 1. The quantitative estimate of drug-likeness (QED) is 0.438. The summed E-state index contributed by atoms with van der Waals surface area (Å²) in [5, 5.41) is 14.4.